The predicted octanol–water partition coefficient (Wildman–Crippen LogP) is 5.58. The van der Waals surface area contributed by atoms with Crippen LogP contribution in [0.3, 0.4) is 0 Å². The van der Waals surface area contributed by atoms with Gasteiger partial charge >= 0.3 is 5.97 Å². The number of rotatable bonds is 13. The van der Waals surface area contributed by atoms with E-state index in [9.17, 15) is 29.5 Å². The van der Waals surface area contributed by atoms with Crippen molar-refractivity contribution in [1.82, 2.24) is 5.32 Å². The number of aromatic carboxylic acids is 1. The van der Waals surface area contributed by atoms with E-state index >= 15 is 0 Å². The van der Waals surface area contributed by atoms with E-state index in [1.807, 2.05) is 19.9 Å². The van der Waals surface area contributed by atoms with E-state index in [1.54, 1.807) is 44.2 Å². The SMILES string of the molecule is Cc1ccc(CC(C)(C)NC[C@@H](O)COC(C)c2ccccc2Oc2ccc(C(=O)O)c([N+](=O)[O-])c2)cc1F. The maximum atomic E-state index is 13.9. The lowest BCUT2D eigenvalue weighted by molar-refractivity contribution is -0.385. The second kappa shape index (κ2) is 12.8. The number of aryl methyl sites for hydroxylation is 1. The number of halogens is 1. The molecule has 0 aliphatic heterocycles. The van der Waals surface area contributed by atoms with Gasteiger partial charge in [-0.05, 0) is 69.5 Å². The molecule has 0 fully saturated rings. The number of aliphatic hydroxyl groups is 1. The van der Waals surface area contributed by atoms with Crippen LogP contribution < -0.4 is 10.1 Å². The maximum Gasteiger partial charge on any atom is 0.342 e. The fourth-order valence-corrected chi connectivity index (χ4v) is 4.06. The largest absolute Gasteiger partial charge is 0.477 e. The average Bonchev–Trinajstić information content (AvgIpc) is 2.88. The minimum Gasteiger partial charge on any atom is -0.477 e. The zero-order valence-electron chi connectivity index (χ0n) is 22.3. The molecule has 208 valence electrons. The summed E-state index contributed by atoms with van der Waals surface area (Å²) in [5, 5.41) is 34.3. The lowest BCUT2D eigenvalue weighted by Crippen LogP contribution is -2.46. The third kappa shape index (κ3) is 8.31. The molecule has 0 amide bonds. The molecular weight excluding hydrogens is 507 g/mol. The molecular formula is C29H33FN2O7. The normalized spacial score (nSPS) is 13.1. The Bertz CT molecular complexity index is 1330. The fourth-order valence-electron chi connectivity index (χ4n) is 4.06. The average molecular weight is 541 g/mol. The summed E-state index contributed by atoms with van der Waals surface area (Å²) in [7, 11) is 0. The van der Waals surface area contributed by atoms with Gasteiger partial charge in [0.1, 0.15) is 22.9 Å². The van der Waals surface area contributed by atoms with E-state index in [2.05, 4.69) is 5.32 Å². The molecule has 0 bridgehead atoms. The smallest absolute Gasteiger partial charge is 0.342 e. The molecule has 3 N–H and O–H groups in total. The number of hydrogen-bond donors (Lipinski definition) is 3. The number of nitrogens with one attached hydrogen (secondary N) is 1. The van der Waals surface area contributed by atoms with Crippen LogP contribution in [0.25, 0.3) is 0 Å². The Morgan fingerprint density at radius 3 is 2.54 bits per heavy atom. The van der Waals surface area contributed by atoms with E-state index in [0.717, 1.165) is 17.7 Å². The number of nitro benzene ring substituents is 1. The Balaban J connectivity index is 1.59. The Hall–Kier alpha value is -3.86. The van der Waals surface area contributed by atoms with E-state index in [-0.39, 0.29) is 24.7 Å². The van der Waals surface area contributed by atoms with Gasteiger partial charge in [-0.2, -0.15) is 0 Å². The van der Waals surface area contributed by atoms with Crippen LogP contribution in [0.4, 0.5) is 10.1 Å². The number of carboxylic acids is 1. The quantitative estimate of drug-likeness (QED) is 0.189. The van der Waals surface area contributed by atoms with Gasteiger partial charge in [-0.1, -0.05) is 30.3 Å². The van der Waals surface area contributed by atoms with Crippen LogP contribution in [0.5, 0.6) is 11.5 Å². The second-order valence-electron chi connectivity index (χ2n) is 10.0. The first-order valence-electron chi connectivity index (χ1n) is 12.4. The van der Waals surface area contributed by atoms with Crippen LogP contribution in [0.15, 0.2) is 60.7 Å². The molecule has 0 radical (unpaired) electrons. The summed E-state index contributed by atoms with van der Waals surface area (Å²) in [5.41, 5.74) is 0.685. The Morgan fingerprint density at radius 1 is 1.15 bits per heavy atom. The number of carboxylic acid groups (broad SMARTS) is 1. The third-order valence-electron chi connectivity index (χ3n) is 6.22. The lowest BCUT2D eigenvalue weighted by Gasteiger charge is -2.28. The number of hydrogen-bond acceptors (Lipinski definition) is 7. The van der Waals surface area contributed by atoms with E-state index in [1.165, 1.54) is 12.1 Å². The topological polar surface area (TPSA) is 131 Å². The van der Waals surface area contributed by atoms with Crippen molar-refractivity contribution < 1.29 is 33.8 Å². The molecule has 0 heterocycles. The van der Waals surface area contributed by atoms with Crippen molar-refractivity contribution in [2.75, 3.05) is 13.2 Å². The Morgan fingerprint density at radius 2 is 1.87 bits per heavy atom. The molecule has 0 aromatic heterocycles. The Kier molecular flexibility index (Phi) is 9.74. The highest BCUT2D eigenvalue weighted by molar-refractivity contribution is 5.92. The third-order valence-corrected chi connectivity index (χ3v) is 6.22. The molecule has 0 spiro atoms. The molecule has 10 heteroatoms. The molecule has 0 saturated heterocycles. The molecule has 3 aromatic rings. The number of nitrogens with zero attached hydrogens (tertiary/aromatic N) is 1. The number of β-amino-alcohol motifs (C(OH)–C–C–N with tert-alkyl or cyclic N) is 1. The first kappa shape index (κ1) is 29.7. The van der Waals surface area contributed by atoms with Gasteiger partial charge in [-0.25, -0.2) is 9.18 Å². The summed E-state index contributed by atoms with van der Waals surface area (Å²) in [4.78, 5) is 21.8. The van der Waals surface area contributed by atoms with E-state index in [4.69, 9.17) is 9.47 Å². The van der Waals surface area contributed by atoms with Gasteiger partial charge < -0.3 is 25.0 Å². The lowest BCUT2D eigenvalue weighted by atomic mass is 9.94. The van der Waals surface area contributed by atoms with Gasteiger partial charge in [-0.3, -0.25) is 10.1 Å². The summed E-state index contributed by atoms with van der Waals surface area (Å²) < 4.78 is 25.6. The molecule has 0 aliphatic carbocycles. The molecule has 3 aromatic carbocycles. The van der Waals surface area contributed by atoms with Gasteiger partial charge in [-0.15, -0.1) is 0 Å². The van der Waals surface area contributed by atoms with Crippen molar-refractivity contribution in [2.24, 2.45) is 0 Å². The zero-order chi connectivity index (χ0) is 28.7. The highest BCUT2D eigenvalue weighted by Gasteiger charge is 2.23. The van der Waals surface area contributed by atoms with Gasteiger partial charge in [0.2, 0.25) is 0 Å². The zero-order valence-corrected chi connectivity index (χ0v) is 22.3. The van der Waals surface area contributed by atoms with Gasteiger partial charge in [0, 0.05) is 17.6 Å². The van der Waals surface area contributed by atoms with Crippen molar-refractivity contribution in [2.45, 2.75) is 51.9 Å². The number of ether oxygens (including phenoxy) is 2. The molecule has 0 saturated carbocycles. The number of benzene rings is 3. The van der Waals surface area contributed by atoms with Crippen molar-refractivity contribution in [3.8, 4) is 11.5 Å². The van der Waals surface area contributed by atoms with Gasteiger partial charge in [0.05, 0.1) is 29.8 Å². The summed E-state index contributed by atoms with van der Waals surface area (Å²) >= 11 is 0. The van der Waals surface area contributed by atoms with Crippen LogP contribution in [-0.4, -0.2) is 45.9 Å². The number of para-hydroxylation sites is 1. The first-order valence-corrected chi connectivity index (χ1v) is 12.4. The van der Waals surface area contributed by atoms with Crippen molar-refractivity contribution in [3.05, 3.63) is 98.8 Å². The molecule has 1 unspecified atom stereocenters. The van der Waals surface area contributed by atoms with Gasteiger partial charge in [0.25, 0.3) is 5.69 Å². The molecule has 2 atom stereocenters. The monoisotopic (exact) mass is 540 g/mol. The summed E-state index contributed by atoms with van der Waals surface area (Å²) in [5.74, 6) is -1.17. The molecule has 0 aliphatic rings. The highest BCUT2D eigenvalue weighted by atomic mass is 19.1. The van der Waals surface area contributed by atoms with Crippen molar-refractivity contribution >= 4 is 11.7 Å². The summed E-state index contributed by atoms with van der Waals surface area (Å²) in [6.07, 6.45) is -0.738. The van der Waals surface area contributed by atoms with Gasteiger partial charge in [0.15, 0.2) is 0 Å². The van der Waals surface area contributed by atoms with Crippen LogP contribution in [0.1, 0.15) is 53.9 Å². The maximum absolute atomic E-state index is 13.9. The number of aliphatic hydroxyl groups excluding tert-OH is 1. The molecule has 3 rings (SSSR count). The van der Waals surface area contributed by atoms with Crippen LogP contribution in [0, 0.1) is 22.9 Å². The van der Waals surface area contributed by atoms with E-state index in [0.29, 0.717) is 23.3 Å². The fraction of sp³-hybridized carbons (Fsp3) is 0.345. The first-order chi connectivity index (χ1) is 18.4. The summed E-state index contributed by atoms with van der Waals surface area (Å²) in [6.45, 7) is 7.73. The number of nitro groups is 1. The Labute approximate surface area is 226 Å². The standard InChI is InChI=1S/C29H33FN2O7/c1-18-9-10-20(13-25(18)30)15-29(3,4)31-16-21(33)17-38-19(2)23-7-5-6-8-27(23)39-22-11-12-24(28(34)35)26(14-22)32(36)37/h5-14,19,21,31,33H,15-17H2,1-4H3,(H,34,35)/t19?,21-/m1/s1. The highest BCUT2D eigenvalue weighted by Crippen LogP contribution is 2.33. The minimum absolute atomic E-state index is 0.0243. The van der Waals surface area contributed by atoms with E-state index < -0.39 is 39.9 Å². The summed E-state index contributed by atoms with van der Waals surface area (Å²) in [6, 6.07) is 15.7. The van der Waals surface area contributed by atoms with Crippen molar-refractivity contribution in [1.29, 1.82) is 0 Å². The minimum atomic E-state index is -1.41. The predicted molar refractivity (Wildman–Crippen MR) is 144 cm³/mol. The molecule has 9 nitrogen and oxygen atoms in total. The van der Waals surface area contributed by atoms with Crippen LogP contribution >= 0.6 is 0 Å². The second-order valence-corrected chi connectivity index (χ2v) is 10.0. The van der Waals surface area contributed by atoms with Crippen LogP contribution in [0.2, 0.25) is 0 Å². The number of carbonyl (C=O) groups is 1. The van der Waals surface area contributed by atoms with Crippen molar-refractivity contribution in [3.63, 3.8) is 0 Å². The molecule has 39 heavy (non-hydrogen) atoms. The van der Waals surface area contributed by atoms with Crippen LogP contribution in [-0.2, 0) is 11.2 Å².